The van der Waals surface area contributed by atoms with Crippen molar-refractivity contribution in [1.82, 2.24) is 15.2 Å². The quantitative estimate of drug-likeness (QED) is 0.376. The summed E-state index contributed by atoms with van der Waals surface area (Å²) in [5.41, 5.74) is 9.03. The van der Waals surface area contributed by atoms with Crippen molar-refractivity contribution in [2.45, 2.75) is 12.5 Å². The van der Waals surface area contributed by atoms with Crippen molar-refractivity contribution < 1.29 is 4.92 Å². The van der Waals surface area contributed by atoms with Gasteiger partial charge in [0.15, 0.2) is 0 Å². The standard InChI is InChI=1S/C24H19N5O2/c30-29(31)20-13-11-17(12-14-20)22-15-23(26-25-22)21-16-28(19-9-5-2-6-10-19)27-24(21)18-7-3-1-4-8-18/h1-14,16,23,26H,15H2/t23-/m0/s1. The molecule has 0 aliphatic carbocycles. The molecule has 1 N–H and O–H groups in total. The Morgan fingerprint density at radius 1 is 0.903 bits per heavy atom. The Bertz CT molecular complexity index is 1250. The minimum atomic E-state index is -0.397. The van der Waals surface area contributed by atoms with Crippen LogP contribution in [0.2, 0.25) is 0 Å². The summed E-state index contributed by atoms with van der Waals surface area (Å²) >= 11 is 0. The zero-order valence-electron chi connectivity index (χ0n) is 16.6. The van der Waals surface area contributed by atoms with Gasteiger partial charge >= 0.3 is 0 Å². The Labute approximate surface area is 178 Å². The third-order valence-corrected chi connectivity index (χ3v) is 5.35. The number of hydrogen-bond acceptors (Lipinski definition) is 5. The summed E-state index contributed by atoms with van der Waals surface area (Å²) in [6.07, 6.45) is 2.71. The van der Waals surface area contributed by atoms with Crippen molar-refractivity contribution in [3.8, 4) is 16.9 Å². The maximum absolute atomic E-state index is 10.9. The Hall–Kier alpha value is -4.26. The third kappa shape index (κ3) is 3.69. The van der Waals surface area contributed by atoms with Gasteiger partial charge in [-0.2, -0.15) is 10.2 Å². The van der Waals surface area contributed by atoms with E-state index in [1.54, 1.807) is 12.1 Å². The summed E-state index contributed by atoms with van der Waals surface area (Å²) in [5.74, 6) is 0. The smallest absolute Gasteiger partial charge is 0.269 e. The zero-order chi connectivity index (χ0) is 21.2. The average Bonchev–Trinajstić information content (AvgIpc) is 3.48. The second-order valence-electron chi connectivity index (χ2n) is 7.33. The molecule has 0 spiro atoms. The molecule has 1 aliphatic rings. The van der Waals surface area contributed by atoms with Crippen molar-refractivity contribution in [1.29, 1.82) is 0 Å². The number of hydrazone groups is 1. The topological polar surface area (TPSA) is 85.4 Å². The van der Waals surface area contributed by atoms with Gasteiger partial charge in [0.05, 0.1) is 28.1 Å². The predicted octanol–water partition coefficient (Wildman–Crippen LogP) is 4.89. The first-order chi connectivity index (χ1) is 15.2. The highest BCUT2D eigenvalue weighted by molar-refractivity contribution is 6.02. The molecule has 5 rings (SSSR count). The van der Waals surface area contributed by atoms with Crippen LogP contribution in [0.3, 0.4) is 0 Å². The van der Waals surface area contributed by atoms with Gasteiger partial charge in [0, 0.05) is 35.9 Å². The molecule has 7 nitrogen and oxygen atoms in total. The lowest BCUT2D eigenvalue weighted by atomic mass is 9.97. The molecule has 0 bridgehead atoms. The molecule has 1 aromatic heterocycles. The Morgan fingerprint density at radius 3 is 2.26 bits per heavy atom. The second kappa shape index (κ2) is 7.87. The minimum Gasteiger partial charge on any atom is -0.302 e. The van der Waals surface area contributed by atoms with E-state index in [9.17, 15) is 10.1 Å². The number of benzene rings is 3. The molecule has 1 aliphatic heterocycles. The third-order valence-electron chi connectivity index (χ3n) is 5.35. The molecule has 7 heteroatoms. The second-order valence-corrected chi connectivity index (χ2v) is 7.33. The Morgan fingerprint density at radius 2 is 1.58 bits per heavy atom. The molecular formula is C24H19N5O2. The van der Waals surface area contributed by atoms with Crippen molar-refractivity contribution >= 4 is 11.4 Å². The van der Waals surface area contributed by atoms with Gasteiger partial charge in [-0.3, -0.25) is 10.1 Å². The lowest BCUT2D eigenvalue weighted by Crippen LogP contribution is -2.10. The number of non-ortho nitro benzene ring substituents is 1. The summed E-state index contributed by atoms with van der Waals surface area (Å²) in [4.78, 5) is 10.5. The molecule has 0 amide bonds. The largest absolute Gasteiger partial charge is 0.302 e. The van der Waals surface area contributed by atoms with Gasteiger partial charge in [-0.05, 0) is 29.8 Å². The molecule has 0 fully saturated rings. The molecule has 152 valence electrons. The van der Waals surface area contributed by atoms with Gasteiger partial charge in [-0.1, -0.05) is 48.5 Å². The molecule has 1 atom stereocenters. The van der Waals surface area contributed by atoms with Crippen LogP contribution < -0.4 is 5.43 Å². The number of nitro groups is 1. The fraction of sp³-hybridized carbons (Fsp3) is 0.0833. The number of hydrogen-bond donors (Lipinski definition) is 1. The molecule has 4 aromatic rings. The van der Waals surface area contributed by atoms with E-state index >= 15 is 0 Å². The summed E-state index contributed by atoms with van der Waals surface area (Å²) in [6.45, 7) is 0. The van der Waals surface area contributed by atoms with Crippen LogP contribution in [0.25, 0.3) is 16.9 Å². The number of nitrogens with one attached hydrogen (secondary N) is 1. The summed E-state index contributed by atoms with van der Waals surface area (Å²) < 4.78 is 1.89. The molecule has 0 saturated heterocycles. The molecule has 3 aromatic carbocycles. The van der Waals surface area contributed by atoms with Gasteiger partial charge in [0.25, 0.3) is 5.69 Å². The number of nitro benzene ring substituents is 1. The van der Waals surface area contributed by atoms with E-state index in [1.807, 2.05) is 71.5 Å². The predicted molar refractivity (Wildman–Crippen MR) is 119 cm³/mol. The van der Waals surface area contributed by atoms with Gasteiger partial charge in [-0.25, -0.2) is 4.68 Å². The molecule has 31 heavy (non-hydrogen) atoms. The van der Waals surface area contributed by atoms with E-state index in [0.717, 1.165) is 33.8 Å². The molecule has 0 radical (unpaired) electrons. The normalized spacial score (nSPS) is 15.4. The van der Waals surface area contributed by atoms with Crippen LogP contribution in [0, 0.1) is 10.1 Å². The highest BCUT2D eigenvalue weighted by Gasteiger charge is 2.26. The Balaban J connectivity index is 1.47. The Kier molecular flexibility index (Phi) is 4.76. The SMILES string of the molecule is O=[N+]([O-])c1ccc(C2=NN[C@H](c3cn(-c4ccccc4)nc3-c3ccccc3)C2)cc1. The maximum atomic E-state index is 10.9. The van der Waals surface area contributed by atoms with E-state index in [2.05, 4.69) is 10.5 Å². The van der Waals surface area contributed by atoms with Crippen molar-refractivity contribution in [3.63, 3.8) is 0 Å². The van der Waals surface area contributed by atoms with E-state index in [0.29, 0.717) is 6.42 Å². The van der Waals surface area contributed by atoms with Crippen LogP contribution in [-0.4, -0.2) is 20.4 Å². The maximum Gasteiger partial charge on any atom is 0.269 e. The first-order valence-corrected chi connectivity index (χ1v) is 9.96. The van der Waals surface area contributed by atoms with Gasteiger partial charge < -0.3 is 5.43 Å². The number of para-hydroxylation sites is 1. The first-order valence-electron chi connectivity index (χ1n) is 9.96. The van der Waals surface area contributed by atoms with Crippen LogP contribution in [0.1, 0.15) is 23.6 Å². The van der Waals surface area contributed by atoms with Crippen LogP contribution in [0.4, 0.5) is 5.69 Å². The van der Waals surface area contributed by atoms with Crippen LogP contribution >= 0.6 is 0 Å². The number of nitrogens with zero attached hydrogens (tertiary/aromatic N) is 4. The van der Waals surface area contributed by atoms with E-state index in [4.69, 9.17) is 5.10 Å². The molecule has 0 unspecified atom stereocenters. The molecule has 0 saturated carbocycles. The van der Waals surface area contributed by atoms with Gasteiger partial charge in [-0.15, -0.1) is 0 Å². The summed E-state index contributed by atoms with van der Waals surface area (Å²) in [5, 5.41) is 20.3. The number of rotatable bonds is 5. The fourth-order valence-corrected chi connectivity index (χ4v) is 3.75. The number of aromatic nitrogens is 2. The van der Waals surface area contributed by atoms with Gasteiger partial charge in [0.2, 0.25) is 0 Å². The van der Waals surface area contributed by atoms with E-state index < -0.39 is 4.92 Å². The summed E-state index contributed by atoms with van der Waals surface area (Å²) in [7, 11) is 0. The monoisotopic (exact) mass is 409 g/mol. The highest BCUT2D eigenvalue weighted by Crippen LogP contribution is 2.33. The van der Waals surface area contributed by atoms with Crippen molar-refractivity contribution in [2.75, 3.05) is 0 Å². The van der Waals surface area contributed by atoms with Crippen LogP contribution in [0.5, 0.6) is 0 Å². The van der Waals surface area contributed by atoms with E-state index in [1.165, 1.54) is 12.1 Å². The first kappa shape index (κ1) is 18.7. The zero-order valence-corrected chi connectivity index (χ0v) is 16.6. The van der Waals surface area contributed by atoms with Crippen molar-refractivity contribution in [2.24, 2.45) is 5.10 Å². The highest BCUT2D eigenvalue weighted by atomic mass is 16.6. The van der Waals surface area contributed by atoms with Crippen LogP contribution in [-0.2, 0) is 0 Å². The molecule has 2 heterocycles. The van der Waals surface area contributed by atoms with E-state index in [-0.39, 0.29) is 11.7 Å². The van der Waals surface area contributed by atoms with Gasteiger partial charge in [0.1, 0.15) is 0 Å². The van der Waals surface area contributed by atoms with Crippen LogP contribution in [0.15, 0.2) is 96.2 Å². The van der Waals surface area contributed by atoms with Crippen molar-refractivity contribution in [3.05, 3.63) is 112 Å². The lowest BCUT2D eigenvalue weighted by Gasteiger charge is -2.10. The lowest BCUT2D eigenvalue weighted by molar-refractivity contribution is -0.384. The molecular weight excluding hydrogens is 390 g/mol. The fourth-order valence-electron chi connectivity index (χ4n) is 3.75. The average molecular weight is 409 g/mol. The summed E-state index contributed by atoms with van der Waals surface area (Å²) in [6, 6.07) is 26.5. The minimum absolute atomic E-state index is 0.0436.